The summed E-state index contributed by atoms with van der Waals surface area (Å²) in [4.78, 5) is 4.45. The van der Waals surface area contributed by atoms with E-state index in [9.17, 15) is 0 Å². The van der Waals surface area contributed by atoms with E-state index in [2.05, 4.69) is 16.7 Å². The average Bonchev–Trinajstić information content (AvgIpc) is 2.85. The van der Waals surface area contributed by atoms with Gasteiger partial charge >= 0.3 is 0 Å². The van der Waals surface area contributed by atoms with Crippen LogP contribution in [0.2, 0.25) is 0 Å². The highest BCUT2D eigenvalue weighted by atomic mass is 15.3. The number of fused-ring (bicyclic) bond motifs is 1. The quantitative estimate of drug-likeness (QED) is 0.698. The summed E-state index contributed by atoms with van der Waals surface area (Å²) in [6.07, 6.45) is 3.48. The molecule has 0 radical (unpaired) electrons. The fourth-order valence-electron chi connectivity index (χ4n) is 2.13. The summed E-state index contributed by atoms with van der Waals surface area (Å²) in [6, 6.07) is 7.50. The minimum Gasteiger partial charge on any atom is -0.399 e. The van der Waals surface area contributed by atoms with Crippen molar-refractivity contribution in [1.29, 1.82) is 0 Å². The Labute approximate surface area is 116 Å². The number of hydrogen-bond donors (Lipinski definition) is 2. The Morgan fingerprint density at radius 1 is 1.15 bits per heavy atom. The summed E-state index contributed by atoms with van der Waals surface area (Å²) < 4.78 is 1.63. The van der Waals surface area contributed by atoms with E-state index in [4.69, 9.17) is 11.5 Å². The number of allylic oxidation sites excluding steroid dienone is 1. The molecule has 2 heterocycles. The molecule has 0 aliphatic rings. The summed E-state index contributed by atoms with van der Waals surface area (Å²) in [5.74, 6) is 0.548. The van der Waals surface area contributed by atoms with Gasteiger partial charge in [-0.25, -0.2) is 4.98 Å². The zero-order chi connectivity index (χ0) is 14.3. The summed E-state index contributed by atoms with van der Waals surface area (Å²) >= 11 is 0. The molecule has 5 heteroatoms. The second-order valence-electron chi connectivity index (χ2n) is 4.75. The number of nitrogens with zero attached hydrogens (tertiary/aromatic N) is 3. The van der Waals surface area contributed by atoms with Crippen molar-refractivity contribution < 1.29 is 0 Å². The molecule has 0 aliphatic carbocycles. The number of benzene rings is 1. The van der Waals surface area contributed by atoms with Crippen LogP contribution in [0.15, 0.2) is 43.2 Å². The molecule has 2 aromatic heterocycles. The third kappa shape index (κ3) is 1.80. The predicted octanol–water partition coefficient (Wildman–Crippen LogP) is 2.59. The Morgan fingerprint density at radius 3 is 2.50 bits per heavy atom. The zero-order valence-electron chi connectivity index (χ0n) is 11.2. The molecular formula is C15H15N5. The lowest BCUT2D eigenvalue weighted by Gasteiger charge is -2.08. The molecule has 5 nitrogen and oxygen atoms in total. The van der Waals surface area contributed by atoms with Crippen molar-refractivity contribution in [3.05, 3.63) is 48.8 Å². The molecule has 3 rings (SSSR count). The fourth-order valence-corrected chi connectivity index (χ4v) is 2.13. The number of hydrogen-bond acceptors (Lipinski definition) is 4. The summed E-state index contributed by atoms with van der Waals surface area (Å²) in [6.45, 7) is 5.84. The molecule has 4 N–H and O–H groups in total. The topological polar surface area (TPSA) is 82.2 Å². The number of nitrogens with two attached hydrogens (primary N) is 2. The first-order valence-electron chi connectivity index (χ1n) is 6.22. The Hall–Kier alpha value is -2.82. The maximum absolute atomic E-state index is 6.20. The molecule has 3 aromatic rings. The minimum atomic E-state index is 0.548. The molecule has 100 valence electrons. The fraction of sp³-hybridized carbons (Fsp3) is 0.0667. The van der Waals surface area contributed by atoms with E-state index in [-0.39, 0.29) is 0 Å². The van der Waals surface area contributed by atoms with Crippen LogP contribution in [0, 0.1) is 0 Å². The Kier molecular flexibility index (Phi) is 2.68. The van der Waals surface area contributed by atoms with Crippen LogP contribution in [-0.2, 0) is 0 Å². The van der Waals surface area contributed by atoms with Gasteiger partial charge < -0.3 is 11.5 Å². The maximum atomic E-state index is 6.20. The molecule has 20 heavy (non-hydrogen) atoms. The van der Waals surface area contributed by atoms with E-state index >= 15 is 0 Å². The number of rotatable bonds is 2. The second kappa shape index (κ2) is 4.38. The SMILES string of the molecule is C=C(C)c1cnn2c(N)c(-c3ccc(N)cc3)cnc12. The van der Waals surface area contributed by atoms with Crippen LogP contribution >= 0.6 is 0 Å². The van der Waals surface area contributed by atoms with Gasteiger partial charge in [0.05, 0.1) is 6.20 Å². The first kappa shape index (κ1) is 12.2. The van der Waals surface area contributed by atoms with E-state index in [1.807, 2.05) is 31.2 Å². The van der Waals surface area contributed by atoms with E-state index < -0.39 is 0 Å². The molecule has 0 aliphatic heterocycles. The average molecular weight is 265 g/mol. The third-order valence-electron chi connectivity index (χ3n) is 3.25. The van der Waals surface area contributed by atoms with Crippen LogP contribution in [0.25, 0.3) is 22.3 Å². The lowest BCUT2D eigenvalue weighted by atomic mass is 10.1. The lowest BCUT2D eigenvalue weighted by Crippen LogP contribution is -2.03. The minimum absolute atomic E-state index is 0.548. The first-order valence-corrected chi connectivity index (χ1v) is 6.22. The van der Waals surface area contributed by atoms with Crippen LogP contribution in [0.1, 0.15) is 12.5 Å². The van der Waals surface area contributed by atoms with Crippen LogP contribution in [-0.4, -0.2) is 14.6 Å². The predicted molar refractivity (Wildman–Crippen MR) is 82.0 cm³/mol. The monoisotopic (exact) mass is 265 g/mol. The van der Waals surface area contributed by atoms with E-state index in [0.29, 0.717) is 17.2 Å². The van der Waals surface area contributed by atoms with Crippen LogP contribution in [0.5, 0.6) is 0 Å². The maximum Gasteiger partial charge on any atom is 0.164 e. The Bertz CT molecular complexity index is 799. The van der Waals surface area contributed by atoms with Gasteiger partial charge in [0.1, 0.15) is 5.82 Å². The normalized spacial score (nSPS) is 10.8. The van der Waals surface area contributed by atoms with Crippen LogP contribution in [0.4, 0.5) is 11.5 Å². The summed E-state index contributed by atoms with van der Waals surface area (Å²) in [5, 5.41) is 4.29. The molecule has 0 bridgehead atoms. The second-order valence-corrected chi connectivity index (χ2v) is 4.75. The molecule has 0 atom stereocenters. The van der Waals surface area contributed by atoms with Crippen molar-refractivity contribution in [2.24, 2.45) is 0 Å². The zero-order valence-corrected chi connectivity index (χ0v) is 11.2. The molecule has 1 aromatic carbocycles. The van der Waals surface area contributed by atoms with Gasteiger partial charge in [0.2, 0.25) is 0 Å². The molecule has 0 saturated heterocycles. The van der Waals surface area contributed by atoms with Gasteiger partial charge in [-0.15, -0.1) is 0 Å². The van der Waals surface area contributed by atoms with Gasteiger partial charge in [-0.2, -0.15) is 9.61 Å². The highest BCUT2D eigenvalue weighted by Crippen LogP contribution is 2.28. The highest BCUT2D eigenvalue weighted by Gasteiger charge is 2.12. The molecule has 0 fully saturated rings. The van der Waals surface area contributed by atoms with Crippen molar-refractivity contribution >= 4 is 22.7 Å². The number of anilines is 2. The first-order chi connectivity index (χ1) is 9.58. The van der Waals surface area contributed by atoms with Crippen LogP contribution < -0.4 is 11.5 Å². The largest absolute Gasteiger partial charge is 0.399 e. The van der Waals surface area contributed by atoms with Gasteiger partial charge in [0.15, 0.2) is 5.65 Å². The van der Waals surface area contributed by atoms with Crippen molar-refractivity contribution in [1.82, 2.24) is 14.6 Å². The molecular weight excluding hydrogens is 250 g/mol. The van der Waals surface area contributed by atoms with Gasteiger partial charge in [-0.1, -0.05) is 18.7 Å². The highest BCUT2D eigenvalue weighted by molar-refractivity contribution is 5.79. The smallest absolute Gasteiger partial charge is 0.164 e. The molecule has 0 unspecified atom stereocenters. The Balaban J connectivity index is 2.21. The molecule has 0 saturated carbocycles. The van der Waals surface area contributed by atoms with E-state index in [0.717, 1.165) is 22.3 Å². The standard InChI is InChI=1S/C15H15N5/c1-9(2)12-8-19-20-14(17)13(7-18-15(12)20)10-3-5-11(16)6-4-10/h3-8H,1,16-17H2,2H3. The van der Waals surface area contributed by atoms with Crippen molar-refractivity contribution in [3.8, 4) is 11.1 Å². The number of nitrogen functional groups attached to an aromatic ring is 2. The summed E-state index contributed by atoms with van der Waals surface area (Å²) in [7, 11) is 0. The van der Waals surface area contributed by atoms with Gasteiger partial charge in [-0.3, -0.25) is 0 Å². The van der Waals surface area contributed by atoms with E-state index in [1.54, 1.807) is 16.9 Å². The van der Waals surface area contributed by atoms with Gasteiger partial charge in [-0.05, 0) is 30.2 Å². The van der Waals surface area contributed by atoms with E-state index in [1.165, 1.54) is 0 Å². The van der Waals surface area contributed by atoms with Crippen molar-refractivity contribution in [2.45, 2.75) is 6.92 Å². The van der Waals surface area contributed by atoms with Crippen LogP contribution in [0.3, 0.4) is 0 Å². The molecule has 0 amide bonds. The van der Waals surface area contributed by atoms with Crippen molar-refractivity contribution in [2.75, 3.05) is 11.5 Å². The van der Waals surface area contributed by atoms with Gasteiger partial charge in [0, 0.05) is 23.0 Å². The third-order valence-corrected chi connectivity index (χ3v) is 3.25. The lowest BCUT2D eigenvalue weighted by molar-refractivity contribution is 0.954. The summed E-state index contributed by atoms with van der Waals surface area (Å²) in [5.41, 5.74) is 16.9. The molecule has 0 spiro atoms. The van der Waals surface area contributed by atoms with Gasteiger partial charge in [0.25, 0.3) is 0 Å². The number of aromatic nitrogens is 3. The van der Waals surface area contributed by atoms with Crippen molar-refractivity contribution in [3.63, 3.8) is 0 Å². The Morgan fingerprint density at radius 2 is 1.85 bits per heavy atom.